The SMILES string of the molecule is CN(c1ccccc1)c1ccc2c(n1)CCCC2=O. The van der Waals surface area contributed by atoms with Crippen LogP contribution in [0.2, 0.25) is 0 Å². The van der Waals surface area contributed by atoms with Gasteiger partial charge in [0.2, 0.25) is 0 Å². The molecule has 0 saturated carbocycles. The van der Waals surface area contributed by atoms with Gasteiger partial charge in [0.15, 0.2) is 5.78 Å². The maximum absolute atomic E-state index is 11.8. The predicted octanol–water partition coefficient (Wildman–Crippen LogP) is 3.37. The number of fused-ring (bicyclic) bond motifs is 1. The molecule has 0 N–H and O–H groups in total. The lowest BCUT2D eigenvalue weighted by molar-refractivity contribution is 0.0971. The molecule has 0 spiro atoms. The van der Waals surface area contributed by atoms with Crippen LogP contribution in [0.5, 0.6) is 0 Å². The number of carbonyl (C=O) groups is 1. The Labute approximate surface area is 112 Å². The third-order valence-electron chi connectivity index (χ3n) is 3.56. The normalized spacial score (nSPS) is 14.1. The lowest BCUT2D eigenvalue weighted by Gasteiger charge is -2.21. The van der Waals surface area contributed by atoms with Crippen molar-refractivity contribution in [2.45, 2.75) is 19.3 Å². The number of ketones is 1. The summed E-state index contributed by atoms with van der Waals surface area (Å²) in [7, 11) is 1.99. The number of rotatable bonds is 2. The number of Topliss-reactive ketones (excluding diaryl/α,β-unsaturated/α-hetero) is 1. The topological polar surface area (TPSA) is 33.2 Å². The molecule has 3 heteroatoms. The van der Waals surface area contributed by atoms with Crippen molar-refractivity contribution in [2.75, 3.05) is 11.9 Å². The van der Waals surface area contributed by atoms with Crippen LogP contribution in [0, 0.1) is 0 Å². The first kappa shape index (κ1) is 11.9. The fourth-order valence-corrected chi connectivity index (χ4v) is 2.46. The summed E-state index contributed by atoms with van der Waals surface area (Å²) in [6.07, 6.45) is 2.47. The molecule has 0 unspecified atom stereocenters. The molecule has 0 aliphatic heterocycles. The van der Waals surface area contributed by atoms with E-state index in [9.17, 15) is 4.79 Å². The van der Waals surface area contributed by atoms with Crippen LogP contribution in [0.1, 0.15) is 28.9 Å². The minimum Gasteiger partial charge on any atom is -0.329 e. The number of para-hydroxylation sites is 1. The van der Waals surface area contributed by atoms with Crippen LogP contribution in [0.4, 0.5) is 11.5 Å². The molecule has 0 amide bonds. The lowest BCUT2D eigenvalue weighted by atomic mass is 9.95. The van der Waals surface area contributed by atoms with Gasteiger partial charge in [0.1, 0.15) is 5.82 Å². The average molecular weight is 252 g/mol. The summed E-state index contributed by atoms with van der Waals surface area (Å²) in [6, 6.07) is 13.9. The number of nitrogens with zero attached hydrogens (tertiary/aromatic N) is 2. The molecule has 2 aromatic rings. The summed E-state index contributed by atoms with van der Waals surface area (Å²) < 4.78 is 0. The van der Waals surface area contributed by atoms with E-state index in [2.05, 4.69) is 4.98 Å². The Kier molecular flexibility index (Phi) is 3.03. The highest BCUT2D eigenvalue weighted by Gasteiger charge is 2.19. The third-order valence-corrected chi connectivity index (χ3v) is 3.56. The Bertz CT molecular complexity index is 607. The molecule has 1 heterocycles. The van der Waals surface area contributed by atoms with E-state index >= 15 is 0 Å². The van der Waals surface area contributed by atoms with Gasteiger partial charge >= 0.3 is 0 Å². The molecule has 19 heavy (non-hydrogen) atoms. The minimum absolute atomic E-state index is 0.225. The lowest BCUT2D eigenvalue weighted by Crippen LogP contribution is -2.16. The van der Waals surface area contributed by atoms with Crippen molar-refractivity contribution in [3.63, 3.8) is 0 Å². The molecule has 0 bridgehead atoms. The summed E-state index contributed by atoms with van der Waals surface area (Å²) in [5, 5.41) is 0. The van der Waals surface area contributed by atoms with Crippen molar-refractivity contribution in [3.8, 4) is 0 Å². The molecule has 1 aromatic heterocycles. The van der Waals surface area contributed by atoms with Crippen molar-refractivity contribution < 1.29 is 4.79 Å². The highest BCUT2D eigenvalue weighted by molar-refractivity contribution is 5.98. The third kappa shape index (κ3) is 2.24. The van der Waals surface area contributed by atoms with E-state index in [0.717, 1.165) is 35.6 Å². The number of hydrogen-bond acceptors (Lipinski definition) is 3. The van der Waals surface area contributed by atoms with Crippen LogP contribution in [0.25, 0.3) is 0 Å². The molecule has 0 radical (unpaired) electrons. The minimum atomic E-state index is 0.225. The van der Waals surface area contributed by atoms with E-state index in [1.54, 1.807) is 0 Å². The molecule has 1 aliphatic carbocycles. The Morgan fingerprint density at radius 2 is 1.84 bits per heavy atom. The van der Waals surface area contributed by atoms with Crippen molar-refractivity contribution in [1.29, 1.82) is 0 Å². The van der Waals surface area contributed by atoms with Crippen LogP contribution in [-0.4, -0.2) is 17.8 Å². The fourth-order valence-electron chi connectivity index (χ4n) is 2.46. The van der Waals surface area contributed by atoms with E-state index in [4.69, 9.17) is 0 Å². The second kappa shape index (κ2) is 4.84. The summed E-state index contributed by atoms with van der Waals surface area (Å²) in [6.45, 7) is 0. The molecule has 0 atom stereocenters. The molecular formula is C16H16N2O. The van der Waals surface area contributed by atoms with Crippen LogP contribution in [-0.2, 0) is 6.42 Å². The predicted molar refractivity (Wildman–Crippen MR) is 76.0 cm³/mol. The van der Waals surface area contributed by atoms with Crippen LogP contribution in [0.15, 0.2) is 42.5 Å². The second-order valence-electron chi connectivity index (χ2n) is 4.84. The van der Waals surface area contributed by atoms with Gasteiger partial charge in [-0.05, 0) is 37.1 Å². The van der Waals surface area contributed by atoms with Gasteiger partial charge in [0, 0.05) is 24.7 Å². The van der Waals surface area contributed by atoms with E-state index < -0.39 is 0 Å². The van der Waals surface area contributed by atoms with Crippen molar-refractivity contribution in [3.05, 3.63) is 53.7 Å². The zero-order valence-electron chi connectivity index (χ0n) is 11.0. The summed E-state index contributed by atoms with van der Waals surface area (Å²) in [5.41, 5.74) is 2.84. The van der Waals surface area contributed by atoms with Crippen LogP contribution >= 0.6 is 0 Å². The van der Waals surface area contributed by atoms with E-state index in [1.807, 2.05) is 54.4 Å². The zero-order chi connectivity index (χ0) is 13.2. The number of aromatic nitrogens is 1. The molecular weight excluding hydrogens is 236 g/mol. The monoisotopic (exact) mass is 252 g/mol. The molecule has 1 aromatic carbocycles. The van der Waals surface area contributed by atoms with Gasteiger partial charge in [-0.2, -0.15) is 0 Å². The molecule has 3 rings (SSSR count). The van der Waals surface area contributed by atoms with Gasteiger partial charge in [0.05, 0.1) is 5.69 Å². The van der Waals surface area contributed by atoms with E-state index in [1.165, 1.54) is 0 Å². The van der Waals surface area contributed by atoms with Crippen LogP contribution < -0.4 is 4.90 Å². The first-order chi connectivity index (χ1) is 9.25. The summed E-state index contributed by atoms with van der Waals surface area (Å²) in [4.78, 5) is 18.5. The number of benzene rings is 1. The van der Waals surface area contributed by atoms with Gasteiger partial charge in [-0.25, -0.2) is 4.98 Å². The summed E-state index contributed by atoms with van der Waals surface area (Å²) >= 11 is 0. The maximum Gasteiger partial charge on any atom is 0.164 e. The quantitative estimate of drug-likeness (QED) is 0.821. The number of pyridine rings is 1. The van der Waals surface area contributed by atoms with Crippen molar-refractivity contribution in [1.82, 2.24) is 4.98 Å². The number of aryl methyl sites for hydroxylation is 1. The number of carbonyl (C=O) groups excluding carboxylic acids is 1. The Balaban J connectivity index is 1.96. The number of anilines is 2. The van der Waals surface area contributed by atoms with E-state index in [0.29, 0.717) is 6.42 Å². The van der Waals surface area contributed by atoms with Crippen LogP contribution in [0.3, 0.4) is 0 Å². The molecule has 0 saturated heterocycles. The molecule has 1 aliphatic rings. The molecule has 0 fully saturated rings. The highest BCUT2D eigenvalue weighted by atomic mass is 16.1. The standard InChI is InChI=1S/C16H16N2O/c1-18(12-6-3-2-4-7-12)16-11-10-13-14(17-16)8-5-9-15(13)19/h2-4,6-7,10-11H,5,8-9H2,1H3. The van der Waals surface area contributed by atoms with Gasteiger partial charge < -0.3 is 4.90 Å². The van der Waals surface area contributed by atoms with Gasteiger partial charge in [-0.3, -0.25) is 4.79 Å². The first-order valence-electron chi connectivity index (χ1n) is 6.57. The largest absolute Gasteiger partial charge is 0.329 e. The van der Waals surface area contributed by atoms with Crippen molar-refractivity contribution >= 4 is 17.3 Å². The maximum atomic E-state index is 11.8. The summed E-state index contributed by atoms with van der Waals surface area (Å²) in [5.74, 6) is 1.11. The van der Waals surface area contributed by atoms with Gasteiger partial charge in [-0.15, -0.1) is 0 Å². The Morgan fingerprint density at radius 1 is 1.05 bits per heavy atom. The molecule has 3 nitrogen and oxygen atoms in total. The zero-order valence-corrected chi connectivity index (χ0v) is 11.0. The second-order valence-corrected chi connectivity index (χ2v) is 4.84. The number of hydrogen-bond donors (Lipinski definition) is 0. The fraction of sp³-hybridized carbons (Fsp3) is 0.250. The smallest absolute Gasteiger partial charge is 0.164 e. The van der Waals surface area contributed by atoms with Gasteiger partial charge in [-0.1, -0.05) is 18.2 Å². The Morgan fingerprint density at radius 3 is 2.63 bits per heavy atom. The highest BCUT2D eigenvalue weighted by Crippen LogP contribution is 2.26. The average Bonchev–Trinajstić information content (AvgIpc) is 2.47. The van der Waals surface area contributed by atoms with Gasteiger partial charge in [0.25, 0.3) is 0 Å². The van der Waals surface area contributed by atoms with Crippen molar-refractivity contribution in [2.24, 2.45) is 0 Å². The van der Waals surface area contributed by atoms with E-state index in [-0.39, 0.29) is 5.78 Å². The Hall–Kier alpha value is -2.16. The molecule has 96 valence electrons. The first-order valence-corrected chi connectivity index (χ1v) is 6.57.